The summed E-state index contributed by atoms with van der Waals surface area (Å²) in [5.41, 5.74) is 9.78. The number of pyridine rings is 1. The number of imidazole rings is 1. The molecule has 0 amide bonds. The van der Waals surface area contributed by atoms with E-state index in [1.807, 2.05) is 17.6 Å². The van der Waals surface area contributed by atoms with Gasteiger partial charge >= 0.3 is 0 Å². The Morgan fingerprint density at radius 1 is 1.27 bits per heavy atom. The number of nitrogens with zero attached hydrogens (tertiary/aromatic N) is 5. The Hall–Kier alpha value is -3.16. The van der Waals surface area contributed by atoms with Gasteiger partial charge in [0.05, 0.1) is 24.2 Å². The Kier molecular flexibility index (Phi) is 2.68. The summed E-state index contributed by atoms with van der Waals surface area (Å²) >= 11 is 0. The second kappa shape index (κ2) is 4.69. The van der Waals surface area contributed by atoms with Crippen LogP contribution in [0.1, 0.15) is 6.92 Å². The standard InChI is InChI=1S/C14H12N6O2/c1-2-20-12-9(8-3-4-21-7-8)5-16-6-10(12)17-14(20)11-13(15)19-22-18-11/h3-7H,2H2,1H3,(H2,15,19). The molecule has 0 spiro atoms. The van der Waals surface area contributed by atoms with Gasteiger partial charge in [0.15, 0.2) is 17.3 Å². The first kappa shape index (κ1) is 12.6. The van der Waals surface area contributed by atoms with Gasteiger partial charge in [-0.2, -0.15) is 0 Å². The molecule has 0 aliphatic heterocycles. The van der Waals surface area contributed by atoms with E-state index in [1.54, 1.807) is 24.9 Å². The molecule has 0 aromatic carbocycles. The van der Waals surface area contributed by atoms with Crippen LogP contribution in [-0.2, 0) is 6.54 Å². The van der Waals surface area contributed by atoms with Crippen molar-refractivity contribution >= 4 is 16.9 Å². The van der Waals surface area contributed by atoms with Gasteiger partial charge in [0.2, 0.25) is 0 Å². The fraction of sp³-hybridized carbons (Fsp3) is 0.143. The monoisotopic (exact) mass is 296 g/mol. The smallest absolute Gasteiger partial charge is 0.199 e. The summed E-state index contributed by atoms with van der Waals surface area (Å²) in [5.74, 6) is 0.817. The van der Waals surface area contributed by atoms with E-state index in [-0.39, 0.29) is 5.82 Å². The van der Waals surface area contributed by atoms with Crippen molar-refractivity contribution in [2.45, 2.75) is 13.5 Å². The zero-order valence-corrected chi connectivity index (χ0v) is 11.7. The minimum Gasteiger partial charge on any atom is -0.472 e. The number of fused-ring (bicyclic) bond motifs is 1. The van der Waals surface area contributed by atoms with E-state index >= 15 is 0 Å². The zero-order chi connectivity index (χ0) is 15.1. The second-order valence-corrected chi connectivity index (χ2v) is 4.74. The molecule has 0 fully saturated rings. The van der Waals surface area contributed by atoms with Crippen molar-refractivity contribution < 1.29 is 9.05 Å². The minimum absolute atomic E-state index is 0.211. The summed E-state index contributed by atoms with van der Waals surface area (Å²) in [7, 11) is 0. The Morgan fingerprint density at radius 2 is 2.18 bits per heavy atom. The van der Waals surface area contributed by atoms with Crippen LogP contribution >= 0.6 is 0 Å². The average molecular weight is 296 g/mol. The van der Waals surface area contributed by atoms with Gasteiger partial charge in [0.1, 0.15) is 5.52 Å². The highest BCUT2D eigenvalue weighted by atomic mass is 16.6. The number of furan rings is 1. The van der Waals surface area contributed by atoms with Gasteiger partial charge in [-0.25, -0.2) is 9.61 Å². The number of aryl methyl sites for hydroxylation is 1. The molecular formula is C14H12N6O2. The van der Waals surface area contributed by atoms with Crippen molar-refractivity contribution in [2.75, 3.05) is 5.73 Å². The van der Waals surface area contributed by atoms with E-state index in [9.17, 15) is 0 Å². The van der Waals surface area contributed by atoms with Crippen LogP contribution in [0.5, 0.6) is 0 Å². The highest BCUT2D eigenvalue weighted by Crippen LogP contribution is 2.32. The lowest BCUT2D eigenvalue weighted by Gasteiger charge is -2.06. The third-order valence-electron chi connectivity index (χ3n) is 3.52. The molecule has 0 bridgehead atoms. The molecular weight excluding hydrogens is 284 g/mol. The first-order chi connectivity index (χ1) is 10.8. The normalized spacial score (nSPS) is 11.3. The molecule has 0 unspecified atom stereocenters. The number of hydrogen-bond donors (Lipinski definition) is 1. The van der Waals surface area contributed by atoms with Crippen LogP contribution in [0.25, 0.3) is 33.7 Å². The number of anilines is 1. The number of nitrogen functional groups attached to an aromatic ring is 1. The van der Waals surface area contributed by atoms with Gasteiger partial charge in [-0.1, -0.05) is 0 Å². The van der Waals surface area contributed by atoms with E-state index in [0.29, 0.717) is 18.1 Å². The van der Waals surface area contributed by atoms with Crippen LogP contribution < -0.4 is 5.73 Å². The minimum atomic E-state index is 0.211. The first-order valence-corrected chi connectivity index (χ1v) is 6.74. The van der Waals surface area contributed by atoms with E-state index in [4.69, 9.17) is 10.2 Å². The number of hydrogen-bond acceptors (Lipinski definition) is 7. The van der Waals surface area contributed by atoms with Crippen LogP contribution in [0.15, 0.2) is 40.0 Å². The highest BCUT2D eigenvalue weighted by molar-refractivity contribution is 5.93. The summed E-state index contributed by atoms with van der Waals surface area (Å²) in [4.78, 5) is 8.84. The van der Waals surface area contributed by atoms with E-state index < -0.39 is 0 Å². The molecule has 0 radical (unpaired) electrons. The summed E-state index contributed by atoms with van der Waals surface area (Å²) in [5, 5.41) is 7.47. The predicted octanol–water partition coefficient (Wildman–Crippen LogP) is 2.34. The second-order valence-electron chi connectivity index (χ2n) is 4.74. The van der Waals surface area contributed by atoms with Crippen molar-refractivity contribution in [3.63, 3.8) is 0 Å². The quantitative estimate of drug-likeness (QED) is 0.618. The summed E-state index contributed by atoms with van der Waals surface area (Å²) in [6, 6.07) is 1.88. The largest absolute Gasteiger partial charge is 0.472 e. The van der Waals surface area contributed by atoms with Gasteiger partial charge in [-0.3, -0.25) is 4.98 Å². The number of aromatic nitrogens is 5. The Morgan fingerprint density at radius 3 is 2.86 bits per heavy atom. The Labute approximate surface area is 124 Å². The van der Waals surface area contributed by atoms with Gasteiger partial charge in [-0.15, -0.1) is 0 Å². The number of rotatable bonds is 3. The molecule has 0 saturated heterocycles. The molecule has 4 aromatic heterocycles. The van der Waals surface area contributed by atoms with Crippen molar-refractivity contribution in [2.24, 2.45) is 0 Å². The van der Waals surface area contributed by atoms with Crippen molar-refractivity contribution in [3.05, 3.63) is 31.0 Å². The maximum atomic E-state index is 5.80. The molecule has 2 N–H and O–H groups in total. The lowest BCUT2D eigenvalue weighted by Crippen LogP contribution is -2.00. The van der Waals surface area contributed by atoms with Crippen LogP contribution in [-0.4, -0.2) is 24.8 Å². The molecule has 8 heteroatoms. The third-order valence-corrected chi connectivity index (χ3v) is 3.52. The lowest BCUT2D eigenvalue weighted by molar-refractivity contribution is 0.310. The molecule has 110 valence electrons. The van der Waals surface area contributed by atoms with E-state index in [0.717, 1.165) is 22.2 Å². The number of nitrogens with two attached hydrogens (primary N) is 1. The lowest BCUT2D eigenvalue weighted by atomic mass is 10.1. The molecule has 22 heavy (non-hydrogen) atoms. The predicted molar refractivity (Wildman–Crippen MR) is 78.6 cm³/mol. The average Bonchev–Trinajstić information content (AvgIpc) is 3.25. The molecule has 4 aromatic rings. The van der Waals surface area contributed by atoms with Gasteiger partial charge in [0, 0.05) is 23.9 Å². The summed E-state index contributed by atoms with van der Waals surface area (Å²) in [6.45, 7) is 2.71. The molecule has 0 saturated carbocycles. The third kappa shape index (κ3) is 1.70. The van der Waals surface area contributed by atoms with Gasteiger partial charge < -0.3 is 14.7 Å². The molecule has 4 rings (SSSR count). The molecule has 0 aliphatic rings. The first-order valence-electron chi connectivity index (χ1n) is 6.74. The summed E-state index contributed by atoms with van der Waals surface area (Å²) < 4.78 is 11.9. The van der Waals surface area contributed by atoms with Gasteiger partial charge in [-0.05, 0) is 23.3 Å². The van der Waals surface area contributed by atoms with Gasteiger partial charge in [0.25, 0.3) is 0 Å². The van der Waals surface area contributed by atoms with Crippen molar-refractivity contribution in [3.8, 4) is 22.6 Å². The van der Waals surface area contributed by atoms with Crippen molar-refractivity contribution in [1.29, 1.82) is 0 Å². The zero-order valence-electron chi connectivity index (χ0n) is 11.7. The van der Waals surface area contributed by atoms with Crippen LogP contribution in [0, 0.1) is 0 Å². The molecule has 0 aliphatic carbocycles. The molecule has 4 heterocycles. The molecule has 0 atom stereocenters. The topological polar surface area (TPSA) is 109 Å². The molecule has 8 nitrogen and oxygen atoms in total. The SMILES string of the molecule is CCn1c(-c2nonc2N)nc2cncc(-c3ccoc3)c21. The Bertz CT molecular complexity index is 938. The maximum absolute atomic E-state index is 5.80. The van der Waals surface area contributed by atoms with E-state index in [1.165, 1.54) is 0 Å². The highest BCUT2D eigenvalue weighted by Gasteiger charge is 2.20. The van der Waals surface area contributed by atoms with Crippen LogP contribution in [0.3, 0.4) is 0 Å². The van der Waals surface area contributed by atoms with Crippen molar-refractivity contribution in [1.82, 2.24) is 24.8 Å². The van der Waals surface area contributed by atoms with Crippen LogP contribution in [0.2, 0.25) is 0 Å². The maximum Gasteiger partial charge on any atom is 0.199 e. The fourth-order valence-electron chi connectivity index (χ4n) is 2.56. The van der Waals surface area contributed by atoms with E-state index in [2.05, 4.69) is 24.9 Å². The summed E-state index contributed by atoms with van der Waals surface area (Å²) in [6.07, 6.45) is 6.80. The van der Waals surface area contributed by atoms with Crippen LogP contribution in [0.4, 0.5) is 5.82 Å². The fourth-order valence-corrected chi connectivity index (χ4v) is 2.56. The Balaban J connectivity index is 2.06.